The van der Waals surface area contributed by atoms with Crippen LogP contribution in [0.15, 0.2) is 65.1 Å². The Bertz CT molecular complexity index is 1260. The third kappa shape index (κ3) is 3.77. The summed E-state index contributed by atoms with van der Waals surface area (Å²) in [5.41, 5.74) is 4.47. The molecule has 0 aliphatic heterocycles. The minimum atomic E-state index is -0.498. The van der Waals surface area contributed by atoms with Gasteiger partial charge in [0.05, 0.1) is 4.92 Å². The topological polar surface area (TPSA) is 98.3 Å². The normalized spacial score (nSPS) is 10.9. The smallest absolute Gasteiger partial charge is 0.273 e. The zero-order valence-corrected chi connectivity index (χ0v) is 16.5. The number of fused-ring (bicyclic) bond motifs is 1. The maximum atomic E-state index is 12.5. The van der Waals surface area contributed by atoms with Gasteiger partial charge in [0.15, 0.2) is 5.58 Å². The largest absolute Gasteiger partial charge is 0.436 e. The van der Waals surface area contributed by atoms with Crippen LogP contribution in [0.4, 0.5) is 11.4 Å². The molecule has 1 heterocycles. The van der Waals surface area contributed by atoms with Crippen LogP contribution in [-0.2, 0) is 6.42 Å². The Hall–Kier alpha value is -4.00. The fourth-order valence-electron chi connectivity index (χ4n) is 3.16. The van der Waals surface area contributed by atoms with Crippen molar-refractivity contribution in [2.45, 2.75) is 20.3 Å². The second kappa shape index (κ2) is 7.79. The molecule has 0 bridgehead atoms. The number of hydrogen-bond donors (Lipinski definition) is 1. The molecule has 0 atom stereocenters. The van der Waals surface area contributed by atoms with E-state index in [0.717, 1.165) is 12.0 Å². The molecule has 30 heavy (non-hydrogen) atoms. The van der Waals surface area contributed by atoms with Gasteiger partial charge >= 0.3 is 0 Å². The van der Waals surface area contributed by atoms with E-state index in [1.807, 2.05) is 24.3 Å². The average Bonchev–Trinajstić information content (AvgIpc) is 3.17. The summed E-state index contributed by atoms with van der Waals surface area (Å²) in [6.07, 6.45) is 0.959. The van der Waals surface area contributed by atoms with Gasteiger partial charge in [0.25, 0.3) is 11.6 Å². The molecule has 0 fully saturated rings. The van der Waals surface area contributed by atoms with Gasteiger partial charge in [-0.1, -0.05) is 25.1 Å². The summed E-state index contributed by atoms with van der Waals surface area (Å²) in [5.74, 6) is 0.0709. The Kier molecular flexibility index (Phi) is 5.02. The molecule has 4 aromatic rings. The molecule has 1 N–H and O–H groups in total. The molecule has 0 unspecified atom stereocenters. The van der Waals surface area contributed by atoms with Gasteiger partial charge in [-0.25, -0.2) is 4.98 Å². The molecule has 0 aliphatic rings. The van der Waals surface area contributed by atoms with E-state index in [1.165, 1.54) is 11.6 Å². The van der Waals surface area contributed by atoms with Crippen LogP contribution in [0.3, 0.4) is 0 Å². The first kappa shape index (κ1) is 19.3. The van der Waals surface area contributed by atoms with Crippen LogP contribution >= 0.6 is 0 Å². The second-order valence-electron chi connectivity index (χ2n) is 6.96. The van der Waals surface area contributed by atoms with E-state index in [0.29, 0.717) is 28.2 Å². The van der Waals surface area contributed by atoms with E-state index in [1.54, 1.807) is 37.3 Å². The van der Waals surface area contributed by atoms with Gasteiger partial charge in [0.1, 0.15) is 5.52 Å². The number of nitrogens with zero attached hydrogens (tertiary/aromatic N) is 2. The van der Waals surface area contributed by atoms with Crippen molar-refractivity contribution in [3.05, 3.63) is 87.5 Å². The molecule has 0 aliphatic carbocycles. The summed E-state index contributed by atoms with van der Waals surface area (Å²) in [4.78, 5) is 27.7. The van der Waals surface area contributed by atoms with Gasteiger partial charge in [0, 0.05) is 28.4 Å². The molecule has 7 nitrogen and oxygen atoms in total. The van der Waals surface area contributed by atoms with Gasteiger partial charge in [-0.3, -0.25) is 14.9 Å². The van der Waals surface area contributed by atoms with Gasteiger partial charge in [0.2, 0.25) is 5.89 Å². The van der Waals surface area contributed by atoms with Crippen LogP contribution in [0.1, 0.15) is 28.4 Å². The first-order chi connectivity index (χ1) is 14.4. The number of oxazole rings is 1. The monoisotopic (exact) mass is 401 g/mol. The predicted molar refractivity (Wildman–Crippen MR) is 115 cm³/mol. The van der Waals surface area contributed by atoms with Gasteiger partial charge < -0.3 is 9.73 Å². The fourth-order valence-corrected chi connectivity index (χ4v) is 3.16. The lowest BCUT2D eigenvalue weighted by Gasteiger charge is -2.06. The molecule has 1 amide bonds. The van der Waals surface area contributed by atoms with Crippen LogP contribution in [0, 0.1) is 17.0 Å². The molecule has 0 radical (unpaired) electrons. The lowest BCUT2D eigenvalue weighted by molar-refractivity contribution is -0.385. The van der Waals surface area contributed by atoms with Crippen LogP contribution < -0.4 is 5.32 Å². The van der Waals surface area contributed by atoms with Crippen LogP contribution in [0.2, 0.25) is 0 Å². The Morgan fingerprint density at radius 1 is 1.10 bits per heavy atom. The van der Waals surface area contributed by atoms with Crippen molar-refractivity contribution in [1.82, 2.24) is 4.98 Å². The van der Waals surface area contributed by atoms with Crippen LogP contribution in [0.25, 0.3) is 22.6 Å². The first-order valence-corrected chi connectivity index (χ1v) is 9.51. The van der Waals surface area contributed by atoms with Crippen molar-refractivity contribution in [3.8, 4) is 11.5 Å². The number of carbonyl (C=O) groups is 1. The molecule has 4 rings (SSSR count). The van der Waals surface area contributed by atoms with Crippen molar-refractivity contribution in [3.63, 3.8) is 0 Å². The SMILES string of the molecule is CCc1ccc(-c2nc3cc(NC(=O)c4ccc(C)c([N+](=O)[O-])c4)ccc3o2)cc1. The van der Waals surface area contributed by atoms with Gasteiger partial charge in [-0.05, 0) is 55.3 Å². The minimum Gasteiger partial charge on any atom is -0.436 e. The third-order valence-corrected chi connectivity index (χ3v) is 4.92. The highest BCUT2D eigenvalue weighted by molar-refractivity contribution is 6.05. The Labute approximate surface area is 172 Å². The molecule has 1 aromatic heterocycles. The van der Waals surface area contributed by atoms with E-state index in [4.69, 9.17) is 4.42 Å². The standard InChI is InChI=1S/C23H19N3O4/c1-3-15-5-8-16(9-6-15)23-25-19-13-18(10-11-21(19)30-23)24-22(27)17-7-4-14(2)20(12-17)26(28)29/h4-13H,3H2,1-2H3,(H,24,27). The number of nitrogens with one attached hydrogen (secondary N) is 1. The van der Waals surface area contributed by atoms with Crippen molar-refractivity contribution >= 4 is 28.4 Å². The number of aryl methyl sites for hydroxylation is 2. The van der Waals surface area contributed by atoms with Crippen molar-refractivity contribution in [2.24, 2.45) is 0 Å². The number of carbonyl (C=O) groups excluding carboxylic acids is 1. The molecule has 0 saturated carbocycles. The Balaban J connectivity index is 1.58. The number of hydrogen-bond acceptors (Lipinski definition) is 5. The third-order valence-electron chi connectivity index (χ3n) is 4.92. The Morgan fingerprint density at radius 3 is 2.57 bits per heavy atom. The summed E-state index contributed by atoms with van der Waals surface area (Å²) < 4.78 is 5.83. The maximum Gasteiger partial charge on any atom is 0.273 e. The number of anilines is 1. The number of amides is 1. The molecule has 0 saturated heterocycles. The zero-order valence-electron chi connectivity index (χ0n) is 16.5. The van der Waals surface area contributed by atoms with E-state index in [9.17, 15) is 14.9 Å². The van der Waals surface area contributed by atoms with Gasteiger partial charge in [-0.2, -0.15) is 0 Å². The molecule has 0 spiro atoms. The zero-order chi connectivity index (χ0) is 21.3. The summed E-state index contributed by atoms with van der Waals surface area (Å²) in [7, 11) is 0. The van der Waals surface area contributed by atoms with Crippen LogP contribution in [-0.4, -0.2) is 15.8 Å². The van der Waals surface area contributed by atoms with E-state index in [2.05, 4.69) is 17.2 Å². The lowest BCUT2D eigenvalue weighted by atomic mass is 10.1. The van der Waals surface area contributed by atoms with Crippen molar-refractivity contribution < 1.29 is 14.1 Å². The molecular weight excluding hydrogens is 382 g/mol. The predicted octanol–water partition coefficient (Wildman–Crippen LogP) is 5.53. The Morgan fingerprint density at radius 2 is 1.87 bits per heavy atom. The van der Waals surface area contributed by atoms with E-state index in [-0.39, 0.29) is 11.3 Å². The number of rotatable bonds is 5. The minimum absolute atomic E-state index is 0.0895. The lowest BCUT2D eigenvalue weighted by Crippen LogP contribution is -2.12. The summed E-state index contributed by atoms with van der Waals surface area (Å²) in [6.45, 7) is 3.73. The molecule has 7 heteroatoms. The number of aromatic nitrogens is 1. The first-order valence-electron chi connectivity index (χ1n) is 9.51. The summed E-state index contributed by atoms with van der Waals surface area (Å²) in [6, 6.07) is 17.6. The number of nitro benzene ring substituents is 1. The molecular formula is C23H19N3O4. The second-order valence-corrected chi connectivity index (χ2v) is 6.96. The number of benzene rings is 3. The number of nitro groups is 1. The summed E-state index contributed by atoms with van der Waals surface area (Å²) in [5, 5.41) is 13.9. The summed E-state index contributed by atoms with van der Waals surface area (Å²) >= 11 is 0. The van der Waals surface area contributed by atoms with E-state index >= 15 is 0 Å². The van der Waals surface area contributed by atoms with Crippen molar-refractivity contribution in [2.75, 3.05) is 5.32 Å². The highest BCUT2D eigenvalue weighted by Gasteiger charge is 2.16. The highest BCUT2D eigenvalue weighted by atomic mass is 16.6. The maximum absolute atomic E-state index is 12.5. The van der Waals surface area contributed by atoms with Gasteiger partial charge in [-0.15, -0.1) is 0 Å². The average molecular weight is 401 g/mol. The van der Waals surface area contributed by atoms with Crippen LogP contribution in [0.5, 0.6) is 0 Å². The fraction of sp³-hybridized carbons (Fsp3) is 0.130. The quantitative estimate of drug-likeness (QED) is 0.350. The van der Waals surface area contributed by atoms with Crippen molar-refractivity contribution in [1.29, 1.82) is 0 Å². The molecule has 150 valence electrons. The van der Waals surface area contributed by atoms with E-state index < -0.39 is 10.8 Å². The highest BCUT2D eigenvalue weighted by Crippen LogP contribution is 2.27. The molecule has 3 aromatic carbocycles.